The van der Waals surface area contributed by atoms with Crippen LogP contribution in [0.3, 0.4) is 0 Å². The number of hydrogen-bond donors (Lipinski definition) is 1. The third-order valence-corrected chi connectivity index (χ3v) is 3.49. The molecule has 0 aliphatic heterocycles. The van der Waals surface area contributed by atoms with E-state index in [0.717, 1.165) is 25.7 Å². The summed E-state index contributed by atoms with van der Waals surface area (Å²) in [6.07, 6.45) is -1.99. The molecule has 6 heteroatoms. The van der Waals surface area contributed by atoms with Gasteiger partial charge in [-0.25, -0.2) is 0 Å². The Morgan fingerprint density at radius 3 is 2.53 bits per heavy atom. The maximum atomic E-state index is 11.9. The number of halogens is 4. The Kier molecular flexibility index (Phi) is 5.56. The fourth-order valence-electron chi connectivity index (χ4n) is 2.12. The summed E-state index contributed by atoms with van der Waals surface area (Å²) in [6.45, 7) is 0. The second-order valence-electron chi connectivity index (χ2n) is 4.49. The molecule has 1 N–H and O–H groups in total. The van der Waals surface area contributed by atoms with Crippen LogP contribution in [0.25, 0.3) is 0 Å². The highest BCUT2D eigenvalue weighted by atomic mass is 35.5. The molecule has 1 fully saturated rings. The molecule has 0 radical (unpaired) electrons. The normalized spacial score (nSPS) is 25.6. The average Bonchev–Trinajstić information content (AvgIpc) is 2.26. The molecular weight excluding hydrogens is 255 g/mol. The van der Waals surface area contributed by atoms with Crippen LogP contribution < -0.4 is 5.32 Å². The van der Waals surface area contributed by atoms with Gasteiger partial charge in [0.1, 0.15) is 0 Å². The van der Waals surface area contributed by atoms with Crippen molar-refractivity contribution in [2.45, 2.75) is 50.7 Å². The summed E-state index contributed by atoms with van der Waals surface area (Å²) in [5, 5.41) is 2.67. The highest BCUT2D eigenvalue weighted by molar-refractivity contribution is 6.18. The largest absolute Gasteiger partial charge is 0.389 e. The van der Waals surface area contributed by atoms with Crippen LogP contribution in [0.4, 0.5) is 13.2 Å². The Labute approximate surface area is 104 Å². The summed E-state index contributed by atoms with van der Waals surface area (Å²) in [7, 11) is 0. The molecule has 17 heavy (non-hydrogen) atoms. The summed E-state index contributed by atoms with van der Waals surface area (Å²) in [6, 6.07) is -0.0537. The van der Waals surface area contributed by atoms with Crippen LogP contribution in [0.1, 0.15) is 38.5 Å². The van der Waals surface area contributed by atoms with Crippen LogP contribution in [0, 0.1) is 5.92 Å². The number of hydrogen-bond acceptors (Lipinski definition) is 1. The lowest BCUT2D eigenvalue weighted by atomic mass is 9.85. The minimum atomic E-state index is -4.27. The van der Waals surface area contributed by atoms with E-state index in [1.54, 1.807) is 0 Å². The summed E-state index contributed by atoms with van der Waals surface area (Å²) in [5.41, 5.74) is 0. The first-order chi connectivity index (χ1) is 7.92. The van der Waals surface area contributed by atoms with Gasteiger partial charge in [-0.1, -0.05) is 12.8 Å². The summed E-state index contributed by atoms with van der Waals surface area (Å²) in [5.74, 6) is 0.120. The van der Waals surface area contributed by atoms with Crippen LogP contribution in [0.5, 0.6) is 0 Å². The zero-order chi connectivity index (χ0) is 12.9. The molecule has 1 rings (SSSR count). The molecule has 2 nitrogen and oxygen atoms in total. The van der Waals surface area contributed by atoms with Gasteiger partial charge in [0, 0.05) is 18.3 Å². The van der Waals surface area contributed by atoms with Gasteiger partial charge in [0.25, 0.3) is 0 Å². The monoisotopic (exact) mass is 271 g/mol. The highest BCUT2D eigenvalue weighted by Crippen LogP contribution is 2.26. The van der Waals surface area contributed by atoms with E-state index in [0.29, 0.717) is 5.88 Å². The van der Waals surface area contributed by atoms with Gasteiger partial charge in [-0.15, -0.1) is 11.6 Å². The fourth-order valence-corrected chi connectivity index (χ4v) is 2.49. The van der Waals surface area contributed by atoms with E-state index in [9.17, 15) is 18.0 Å². The molecule has 0 bridgehead atoms. The van der Waals surface area contributed by atoms with Gasteiger partial charge < -0.3 is 5.32 Å². The second-order valence-corrected chi connectivity index (χ2v) is 4.80. The molecule has 0 saturated heterocycles. The number of rotatable bonds is 4. The Balaban J connectivity index is 2.33. The van der Waals surface area contributed by atoms with Crippen molar-refractivity contribution in [2.75, 3.05) is 5.88 Å². The van der Waals surface area contributed by atoms with Crippen LogP contribution in [0.2, 0.25) is 0 Å². The molecule has 0 aromatic carbocycles. The molecule has 1 aliphatic rings. The third-order valence-electron chi connectivity index (χ3n) is 3.09. The number of amides is 1. The number of carbonyl (C=O) groups excluding carboxylic acids is 1. The predicted octanol–water partition coefficient (Wildman–Crippen LogP) is 3.24. The van der Waals surface area contributed by atoms with E-state index >= 15 is 0 Å². The quantitative estimate of drug-likeness (QED) is 0.782. The van der Waals surface area contributed by atoms with Crippen molar-refractivity contribution in [3.8, 4) is 0 Å². The lowest BCUT2D eigenvalue weighted by Gasteiger charge is -2.30. The van der Waals surface area contributed by atoms with Gasteiger partial charge in [-0.05, 0) is 18.8 Å². The van der Waals surface area contributed by atoms with Gasteiger partial charge in [0.15, 0.2) is 0 Å². The number of carbonyl (C=O) groups is 1. The van der Waals surface area contributed by atoms with Crippen LogP contribution in [-0.4, -0.2) is 24.0 Å². The van der Waals surface area contributed by atoms with E-state index in [-0.39, 0.29) is 12.0 Å². The minimum absolute atomic E-state index is 0.0537. The number of alkyl halides is 4. The van der Waals surface area contributed by atoms with E-state index in [1.165, 1.54) is 0 Å². The first-order valence-electron chi connectivity index (χ1n) is 5.84. The van der Waals surface area contributed by atoms with E-state index in [1.807, 2.05) is 0 Å². The maximum absolute atomic E-state index is 11.9. The van der Waals surface area contributed by atoms with E-state index in [2.05, 4.69) is 5.32 Å². The molecule has 0 aromatic heterocycles. The van der Waals surface area contributed by atoms with E-state index in [4.69, 9.17) is 11.6 Å². The van der Waals surface area contributed by atoms with E-state index < -0.39 is 24.9 Å². The van der Waals surface area contributed by atoms with Crippen molar-refractivity contribution in [3.63, 3.8) is 0 Å². The van der Waals surface area contributed by atoms with Crippen LogP contribution in [0.15, 0.2) is 0 Å². The van der Waals surface area contributed by atoms with Gasteiger partial charge in [-0.2, -0.15) is 13.2 Å². The predicted molar refractivity (Wildman–Crippen MR) is 59.9 cm³/mol. The van der Waals surface area contributed by atoms with Crippen molar-refractivity contribution >= 4 is 17.5 Å². The number of nitrogens with one attached hydrogen (secondary N) is 1. The molecule has 2 atom stereocenters. The summed E-state index contributed by atoms with van der Waals surface area (Å²) >= 11 is 5.78. The molecule has 1 saturated carbocycles. The Morgan fingerprint density at radius 2 is 1.94 bits per heavy atom. The zero-order valence-corrected chi connectivity index (χ0v) is 10.3. The third kappa shape index (κ3) is 5.61. The lowest BCUT2D eigenvalue weighted by Crippen LogP contribution is -2.43. The SMILES string of the molecule is O=C(CCC(F)(F)F)NC1CCCCC1CCl. The van der Waals surface area contributed by atoms with Gasteiger partial charge >= 0.3 is 6.18 Å². The standard InChI is InChI=1S/C11H17ClF3NO/c12-7-8-3-1-2-4-9(8)16-10(17)5-6-11(13,14)15/h8-9H,1-7H2,(H,16,17). The maximum Gasteiger partial charge on any atom is 0.389 e. The summed E-state index contributed by atoms with van der Waals surface area (Å²) in [4.78, 5) is 11.4. The Bertz CT molecular complexity index is 258. The average molecular weight is 272 g/mol. The fraction of sp³-hybridized carbons (Fsp3) is 0.909. The molecule has 0 heterocycles. The van der Waals surface area contributed by atoms with Crippen molar-refractivity contribution in [3.05, 3.63) is 0 Å². The minimum Gasteiger partial charge on any atom is -0.353 e. The second kappa shape index (κ2) is 6.47. The first kappa shape index (κ1) is 14.6. The topological polar surface area (TPSA) is 29.1 Å². The lowest BCUT2D eigenvalue weighted by molar-refractivity contribution is -0.144. The Morgan fingerprint density at radius 1 is 1.29 bits per heavy atom. The van der Waals surface area contributed by atoms with Gasteiger partial charge in [-0.3, -0.25) is 4.79 Å². The molecule has 0 aromatic rings. The van der Waals surface area contributed by atoms with Crippen LogP contribution >= 0.6 is 11.6 Å². The van der Waals surface area contributed by atoms with Gasteiger partial charge in [0.2, 0.25) is 5.91 Å². The smallest absolute Gasteiger partial charge is 0.353 e. The summed E-state index contributed by atoms with van der Waals surface area (Å²) < 4.78 is 35.8. The van der Waals surface area contributed by atoms with Crippen molar-refractivity contribution in [1.82, 2.24) is 5.32 Å². The molecule has 0 spiro atoms. The molecule has 2 unspecified atom stereocenters. The molecule has 1 aliphatic carbocycles. The zero-order valence-electron chi connectivity index (χ0n) is 9.52. The van der Waals surface area contributed by atoms with Crippen molar-refractivity contribution < 1.29 is 18.0 Å². The molecule has 100 valence electrons. The van der Waals surface area contributed by atoms with Crippen LogP contribution in [-0.2, 0) is 4.79 Å². The Hall–Kier alpha value is -0.450. The highest BCUT2D eigenvalue weighted by Gasteiger charge is 2.30. The molecular formula is C11H17ClF3NO. The van der Waals surface area contributed by atoms with Crippen molar-refractivity contribution in [1.29, 1.82) is 0 Å². The molecule has 1 amide bonds. The first-order valence-corrected chi connectivity index (χ1v) is 6.38. The van der Waals surface area contributed by atoms with Gasteiger partial charge in [0.05, 0.1) is 6.42 Å². The van der Waals surface area contributed by atoms with Crippen molar-refractivity contribution in [2.24, 2.45) is 5.92 Å².